The highest BCUT2D eigenvalue weighted by molar-refractivity contribution is 6.30. The van der Waals surface area contributed by atoms with E-state index >= 15 is 0 Å². The third-order valence-electron chi connectivity index (χ3n) is 4.28. The lowest BCUT2D eigenvalue weighted by Crippen LogP contribution is -2.33. The Labute approximate surface area is 180 Å². The second-order valence-electron chi connectivity index (χ2n) is 6.61. The number of urea groups is 1. The summed E-state index contributed by atoms with van der Waals surface area (Å²) in [6.07, 6.45) is -4.44. The van der Waals surface area contributed by atoms with E-state index in [1.54, 1.807) is 24.3 Å². The van der Waals surface area contributed by atoms with Crippen LogP contribution in [0.3, 0.4) is 0 Å². The fourth-order valence-corrected chi connectivity index (χ4v) is 2.99. The van der Waals surface area contributed by atoms with Crippen LogP contribution >= 0.6 is 11.6 Å². The molecule has 0 aromatic heterocycles. The molecule has 31 heavy (non-hydrogen) atoms. The Morgan fingerprint density at radius 1 is 0.935 bits per heavy atom. The number of alkyl halides is 3. The number of ether oxygens (including phenoxy) is 1. The van der Waals surface area contributed by atoms with E-state index in [2.05, 4.69) is 15.4 Å². The van der Waals surface area contributed by atoms with Crippen molar-refractivity contribution in [1.82, 2.24) is 5.32 Å². The van der Waals surface area contributed by atoms with Gasteiger partial charge in [0.05, 0.1) is 6.04 Å². The summed E-state index contributed by atoms with van der Waals surface area (Å²) < 4.78 is 54.1. The third kappa shape index (κ3) is 7.18. The molecule has 1 atom stereocenters. The van der Waals surface area contributed by atoms with Crippen LogP contribution in [0.5, 0.6) is 5.75 Å². The van der Waals surface area contributed by atoms with Gasteiger partial charge in [-0.25, -0.2) is 9.18 Å². The van der Waals surface area contributed by atoms with Gasteiger partial charge in [0.1, 0.15) is 11.6 Å². The molecule has 0 saturated heterocycles. The minimum Gasteiger partial charge on any atom is -0.406 e. The number of nitrogens with one attached hydrogen (secondary N) is 2. The Morgan fingerprint density at radius 2 is 1.55 bits per heavy atom. The highest BCUT2D eigenvalue weighted by Crippen LogP contribution is 2.26. The number of amides is 2. The normalized spacial score (nSPS) is 12.2. The summed E-state index contributed by atoms with van der Waals surface area (Å²) in [6, 6.07) is 16.3. The smallest absolute Gasteiger partial charge is 0.406 e. The van der Waals surface area contributed by atoms with Gasteiger partial charge in [-0.15, -0.1) is 13.2 Å². The first-order valence-electron chi connectivity index (χ1n) is 9.11. The van der Waals surface area contributed by atoms with Crippen molar-refractivity contribution in [3.63, 3.8) is 0 Å². The molecule has 9 heteroatoms. The lowest BCUT2D eigenvalue weighted by Gasteiger charge is -2.20. The first kappa shape index (κ1) is 22.4. The highest BCUT2D eigenvalue weighted by atomic mass is 35.5. The van der Waals surface area contributed by atoms with Crippen molar-refractivity contribution >= 4 is 23.3 Å². The van der Waals surface area contributed by atoms with Gasteiger partial charge in [-0.1, -0.05) is 35.9 Å². The molecule has 4 nitrogen and oxygen atoms in total. The molecule has 0 radical (unpaired) electrons. The van der Waals surface area contributed by atoms with Crippen LogP contribution in [0.25, 0.3) is 0 Å². The van der Waals surface area contributed by atoms with E-state index in [-0.39, 0.29) is 5.75 Å². The Bertz CT molecular complexity index is 1010. The lowest BCUT2D eigenvalue weighted by molar-refractivity contribution is -0.274. The van der Waals surface area contributed by atoms with Gasteiger partial charge in [0.2, 0.25) is 0 Å². The molecule has 0 bridgehead atoms. The van der Waals surface area contributed by atoms with Gasteiger partial charge in [0, 0.05) is 10.7 Å². The van der Waals surface area contributed by atoms with Crippen LogP contribution < -0.4 is 15.4 Å². The lowest BCUT2D eigenvalue weighted by atomic mass is 9.99. The second-order valence-corrected chi connectivity index (χ2v) is 7.04. The minimum absolute atomic E-state index is 0.355. The summed E-state index contributed by atoms with van der Waals surface area (Å²) in [7, 11) is 0. The molecule has 0 aliphatic rings. The number of benzene rings is 3. The van der Waals surface area contributed by atoms with Crippen molar-refractivity contribution in [2.45, 2.75) is 18.8 Å². The van der Waals surface area contributed by atoms with Gasteiger partial charge in [-0.05, 0) is 66.1 Å². The number of hydrogen-bond acceptors (Lipinski definition) is 2. The average Bonchev–Trinajstić information content (AvgIpc) is 2.70. The quantitative estimate of drug-likeness (QED) is 0.420. The number of rotatable bonds is 6. The van der Waals surface area contributed by atoms with Crippen LogP contribution in [-0.2, 0) is 6.42 Å². The van der Waals surface area contributed by atoms with Crippen molar-refractivity contribution in [1.29, 1.82) is 0 Å². The molecule has 162 valence electrons. The van der Waals surface area contributed by atoms with Gasteiger partial charge in [0.15, 0.2) is 0 Å². The number of carbonyl (C=O) groups excluding carboxylic acids is 1. The maximum atomic E-state index is 13.0. The number of hydrogen-bond donors (Lipinski definition) is 2. The summed E-state index contributed by atoms with van der Waals surface area (Å²) in [5, 5.41) is 5.93. The summed E-state index contributed by atoms with van der Waals surface area (Å²) in [6.45, 7) is 0. The van der Waals surface area contributed by atoms with Crippen LogP contribution in [-0.4, -0.2) is 12.4 Å². The molecule has 3 rings (SSSR count). The van der Waals surface area contributed by atoms with E-state index < -0.39 is 24.3 Å². The second kappa shape index (κ2) is 9.70. The zero-order chi connectivity index (χ0) is 22.4. The maximum Gasteiger partial charge on any atom is 0.573 e. The summed E-state index contributed by atoms with van der Waals surface area (Å²) in [4.78, 5) is 12.5. The first-order valence-corrected chi connectivity index (χ1v) is 9.49. The van der Waals surface area contributed by atoms with Crippen LogP contribution in [0.15, 0.2) is 72.8 Å². The maximum absolute atomic E-state index is 13.0. The number of halogens is 5. The fraction of sp³-hybridized carbons (Fsp3) is 0.136. The molecule has 0 heterocycles. The summed E-state index contributed by atoms with van der Waals surface area (Å²) in [5.41, 5.74) is 1.81. The molecule has 0 aliphatic carbocycles. The largest absolute Gasteiger partial charge is 0.573 e. The van der Waals surface area contributed by atoms with Gasteiger partial charge in [0.25, 0.3) is 0 Å². The van der Waals surface area contributed by atoms with Crippen LogP contribution in [0.1, 0.15) is 17.2 Å². The minimum atomic E-state index is -4.79. The zero-order valence-corrected chi connectivity index (χ0v) is 16.7. The molecule has 0 saturated carbocycles. The van der Waals surface area contributed by atoms with Gasteiger partial charge < -0.3 is 15.4 Å². The Kier molecular flexibility index (Phi) is 7.02. The van der Waals surface area contributed by atoms with Gasteiger partial charge >= 0.3 is 12.4 Å². The van der Waals surface area contributed by atoms with E-state index in [9.17, 15) is 22.4 Å². The predicted octanol–water partition coefficient (Wildman–Crippen LogP) is 6.48. The number of carbonyl (C=O) groups is 1. The van der Waals surface area contributed by atoms with Crippen LogP contribution in [0, 0.1) is 5.82 Å². The Hall–Kier alpha value is -3.26. The summed E-state index contributed by atoms with van der Waals surface area (Å²) in [5.74, 6) is -0.801. The summed E-state index contributed by atoms with van der Waals surface area (Å²) >= 11 is 5.91. The molecular formula is C22H17ClF4N2O2. The fourth-order valence-electron chi connectivity index (χ4n) is 2.87. The van der Waals surface area contributed by atoms with Crippen LogP contribution in [0.2, 0.25) is 5.02 Å². The predicted molar refractivity (Wildman–Crippen MR) is 110 cm³/mol. The van der Waals surface area contributed by atoms with Crippen molar-refractivity contribution in [3.05, 3.63) is 94.8 Å². The molecule has 2 amide bonds. The molecule has 2 N–H and O–H groups in total. The van der Waals surface area contributed by atoms with E-state index in [1.165, 1.54) is 48.5 Å². The van der Waals surface area contributed by atoms with Crippen molar-refractivity contribution in [2.24, 2.45) is 0 Å². The van der Waals surface area contributed by atoms with E-state index in [0.29, 0.717) is 22.7 Å². The molecular weight excluding hydrogens is 436 g/mol. The topological polar surface area (TPSA) is 50.4 Å². The Balaban J connectivity index is 1.77. The Morgan fingerprint density at radius 3 is 2.13 bits per heavy atom. The monoisotopic (exact) mass is 452 g/mol. The average molecular weight is 453 g/mol. The van der Waals surface area contributed by atoms with Crippen LogP contribution in [0.4, 0.5) is 28.0 Å². The van der Waals surface area contributed by atoms with E-state index in [0.717, 1.165) is 5.56 Å². The molecule has 0 spiro atoms. The van der Waals surface area contributed by atoms with Crippen molar-refractivity contribution in [3.8, 4) is 5.75 Å². The number of anilines is 1. The van der Waals surface area contributed by atoms with E-state index in [4.69, 9.17) is 11.6 Å². The highest BCUT2D eigenvalue weighted by Gasteiger charge is 2.31. The standard InChI is InChI=1S/C22H17ClF4N2O2/c23-16-5-1-14(2-6-16)13-20(15-3-11-19(12-4-15)31-22(25,26)27)29-21(30)28-18-9-7-17(24)8-10-18/h1-12,20H,13H2,(H2,28,29,30). The van der Waals surface area contributed by atoms with E-state index in [1.807, 2.05) is 0 Å². The van der Waals surface area contributed by atoms with Gasteiger partial charge in [-0.2, -0.15) is 0 Å². The molecule has 0 aliphatic heterocycles. The third-order valence-corrected chi connectivity index (χ3v) is 4.53. The first-order chi connectivity index (χ1) is 14.7. The molecule has 0 fully saturated rings. The SMILES string of the molecule is O=C(Nc1ccc(F)cc1)NC(Cc1ccc(Cl)cc1)c1ccc(OC(F)(F)F)cc1. The molecule has 3 aromatic rings. The van der Waals surface area contributed by atoms with Gasteiger partial charge in [-0.3, -0.25) is 0 Å². The van der Waals surface area contributed by atoms with Crippen molar-refractivity contribution in [2.75, 3.05) is 5.32 Å². The van der Waals surface area contributed by atoms with Crippen molar-refractivity contribution < 1.29 is 27.1 Å². The zero-order valence-electron chi connectivity index (χ0n) is 15.9. The molecule has 1 unspecified atom stereocenters. The molecule has 3 aromatic carbocycles.